The van der Waals surface area contributed by atoms with Crippen LogP contribution in [-0.2, 0) is 13.0 Å². The van der Waals surface area contributed by atoms with Crippen LogP contribution in [0.4, 0.5) is 5.69 Å². The van der Waals surface area contributed by atoms with Gasteiger partial charge in [0, 0.05) is 18.2 Å². The molecule has 5 aromatic rings. The number of benzene rings is 3. The summed E-state index contributed by atoms with van der Waals surface area (Å²) in [4.78, 5) is 57.4. The highest BCUT2D eigenvalue weighted by molar-refractivity contribution is 6.34. The highest BCUT2D eigenvalue weighted by Gasteiger charge is 2.29. The molecular formula is C35H29ClN6O6. The lowest BCUT2D eigenvalue weighted by Gasteiger charge is -2.16. The minimum atomic E-state index is -0.573. The molecule has 0 spiro atoms. The van der Waals surface area contributed by atoms with Gasteiger partial charge in [-0.15, -0.1) is 0 Å². The van der Waals surface area contributed by atoms with Gasteiger partial charge in [-0.05, 0) is 73.2 Å². The lowest BCUT2D eigenvalue weighted by Crippen LogP contribution is -2.31. The molecule has 48 heavy (non-hydrogen) atoms. The van der Waals surface area contributed by atoms with Gasteiger partial charge < -0.3 is 25.4 Å². The Balaban J connectivity index is 1.21. The number of Topliss-reactive ketones (excluding diaryl/α,β-unsaturated/α-hetero) is 1. The quantitative estimate of drug-likeness (QED) is 0.191. The van der Waals surface area contributed by atoms with Crippen molar-refractivity contribution in [3.05, 3.63) is 117 Å². The summed E-state index contributed by atoms with van der Waals surface area (Å²) in [6.45, 7) is 3.72. The Morgan fingerprint density at radius 3 is 2.58 bits per heavy atom. The molecule has 0 radical (unpaired) electrons. The maximum Gasteiger partial charge on any atom is 0.270 e. The zero-order chi connectivity index (χ0) is 33.5. The first-order valence-corrected chi connectivity index (χ1v) is 15.6. The Kier molecular flexibility index (Phi) is 8.01. The number of rotatable bonds is 8. The second kappa shape index (κ2) is 12.5. The second-order valence-electron chi connectivity index (χ2n) is 11.6. The van der Waals surface area contributed by atoms with Crippen LogP contribution in [0, 0.1) is 6.92 Å². The van der Waals surface area contributed by atoms with E-state index in [4.69, 9.17) is 21.1 Å². The first-order chi connectivity index (χ1) is 23.2. The fourth-order valence-corrected chi connectivity index (χ4v) is 6.30. The van der Waals surface area contributed by atoms with Crippen molar-refractivity contribution < 1.29 is 28.7 Å². The van der Waals surface area contributed by atoms with Crippen LogP contribution in [0.15, 0.2) is 66.9 Å². The molecule has 7 rings (SSSR count). The van der Waals surface area contributed by atoms with Crippen molar-refractivity contribution in [2.75, 3.05) is 12.1 Å². The van der Waals surface area contributed by atoms with Crippen molar-refractivity contribution in [3.8, 4) is 11.5 Å². The summed E-state index contributed by atoms with van der Waals surface area (Å²) in [5.41, 5.74) is 4.64. The lowest BCUT2D eigenvalue weighted by molar-refractivity contribution is 0.0926. The minimum Gasteiger partial charge on any atom is -0.454 e. The Hall–Kier alpha value is -5.75. The largest absolute Gasteiger partial charge is 0.454 e. The van der Waals surface area contributed by atoms with Crippen molar-refractivity contribution in [2.24, 2.45) is 0 Å². The van der Waals surface area contributed by atoms with Crippen molar-refractivity contribution >= 4 is 46.4 Å². The second-order valence-corrected chi connectivity index (χ2v) is 12.0. The third-order valence-corrected chi connectivity index (χ3v) is 8.90. The number of anilines is 1. The van der Waals surface area contributed by atoms with E-state index >= 15 is 0 Å². The Morgan fingerprint density at radius 1 is 0.958 bits per heavy atom. The number of aromatic nitrogens is 3. The van der Waals surface area contributed by atoms with Gasteiger partial charge in [0.1, 0.15) is 17.0 Å². The molecule has 2 aliphatic rings. The number of amides is 3. The van der Waals surface area contributed by atoms with Gasteiger partial charge in [-0.25, -0.2) is 9.50 Å². The molecule has 0 bridgehead atoms. The molecule has 1 aliphatic heterocycles. The SMILES string of the molecule is CC(=O)c1ccc2c(c1C)CC[C@@H]2NC(=O)c1cc(C(=O)NCc2ccc3c(c2)OCO3)nc2c(C(=O)Nc3ccccc3Cl)cnn12. The average Bonchev–Trinajstić information content (AvgIpc) is 3.83. The van der Waals surface area contributed by atoms with Crippen molar-refractivity contribution in [1.82, 2.24) is 25.2 Å². The minimum absolute atomic E-state index is 0.00852. The molecule has 1 atom stereocenters. The zero-order valence-electron chi connectivity index (χ0n) is 25.9. The fraction of sp³-hybridized carbons (Fsp3) is 0.200. The highest BCUT2D eigenvalue weighted by Crippen LogP contribution is 2.35. The molecule has 2 aromatic heterocycles. The zero-order valence-corrected chi connectivity index (χ0v) is 26.7. The molecule has 3 amide bonds. The number of para-hydroxylation sites is 1. The number of carbonyl (C=O) groups is 4. The molecule has 1 aliphatic carbocycles. The molecule has 242 valence electrons. The molecule has 0 saturated carbocycles. The van der Waals surface area contributed by atoms with Crippen LogP contribution in [-0.4, -0.2) is 44.9 Å². The van der Waals surface area contributed by atoms with Crippen LogP contribution >= 0.6 is 11.6 Å². The van der Waals surface area contributed by atoms with Crippen LogP contribution in [0.1, 0.15) is 83.3 Å². The monoisotopic (exact) mass is 664 g/mol. The van der Waals surface area contributed by atoms with Gasteiger partial charge >= 0.3 is 0 Å². The van der Waals surface area contributed by atoms with Gasteiger partial charge in [0.2, 0.25) is 6.79 Å². The van der Waals surface area contributed by atoms with Crippen LogP contribution < -0.4 is 25.4 Å². The van der Waals surface area contributed by atoms with Gasteiger partial charge in [-0.2, -0.15) is 5.10 Å². The topological polar surface area (TPSA) is 153 Å². The number of nitrogens with one attached hydrogen (secondary N) is 3. The normalized spacial score (nSPS) is 14.4. The number of fused-ring (bicyclic) bond motifs is 3. The van der Waals surface area contributed by atoms with E-state index in [9.17, 15) is 19.2 Å². The Labute approximate surface area is 279 Å². The lowest BCUT2D eigenvalue weighted by atomic mass is 9.96. The van der Waals surface area contributed by atoms with Gasteiger partial charge in [0.25, 0.3) is 17.7 Å². The van der Waals surface area contributed by atoms with Gasteiger partial charge in [-0.1, -0.05) is 41.9 Å². The van der Waals surface area contributed by atoms with Crippen LogP contribution in [0.2, 0.25) is 5.02 Å². The molecule has 3 N–H and O–H groups in total. The number of nitrogens with zero attached hydrogens (tertiary/aromatic N) is 3. The van der Waals surface area contributed by atoms with E-state index in [1.54, 1.807) is 48.5 Å². The van der Waals surface area contributed by atoms with E-state index in [1.165, 1.54) is 23.7 Å². The number of hydrogen-bond donors (Lipinski definition) is 3. The molecule has 0 fully saturated rings. The van der Waals surface area contributed by atoms with Gasteiger partial charge in [0.15, 0.2) is 22.9 Å². The molecule has 3 heterocycles. The highest BCUT2D eigenvalue weighted by atomic mass is 35.5. The summed E-state index contributed by atoms with van der Waals surface area (Å²) in [5, 5.41) is 13.3. The summed E-state index contributed by atoms with van der Waals surface area (Å²) in [6, 6.07) is 16.8. The van der Waals surface area contributed by atoms with Crippen LogP contribution in [0.25, 0.3) is 5.65 Å². The molecule has 0 unspecified atom stereocenters. The van der Waals surface area contributed by atoms with Crippen molar-refractivity contribution in [1.29, 1.82) is 0 Å². The van der Waals surface area contributed by atoms with E-state index in [-0.39, 0.29) is 47.8 Å². The van der Waals surface area contributed by atoms with Gasteiger partial charge in [-0.3, -0.25) is 19.2 Å². The molecule has 0 saturated heterocycles. The van der Waals surface area contributed by atoms with Crippen molar-refractivity contribution in [2.45, 2.75) is 39.3 Å². The maximum atomic E-state index is 13.9. The summed E-state index contributed by atoms with van der Waals surface area (Å²) in [7, 11) is 0. The smallest absolute Gasteiger partial charge is 0.270 e. The number of halogens is 1. The first-order valence-electron chi connectivity index (χ1n) is 15.2. The third kappa shape index (κ3) is 5.71. The predicted molar refractivity (Wildman–Crippen MR) is 176 cm³/mol. The first kappa shape index (κ1) is 30.9. The van der Waals surface area contributed by atoms with E-state index in [1.807, 2.05) is 13.0 Å². The van der Waals surface area contributed by atoms with Crippen LogP contribution in [0.3, 0.4) is 0 Å². The molecule has 3 aromatic carbocycles. The summed E-state index contributed by atoms with van der Waals surface area (Å²) in [6.07, 6.45) is 2.61. The molecule has 13 heteroatoms. The standard InChI is InChI=1S/C35H29ClN6O6/c1-18-21(19(2)43)8-9-23-22(18)10-11-26(23)40-35(46)29-14-28(34(45)37-15-20-7-12-30-31(13-20)48-17-47-30)39-32-24(16-38-42(29)32)33(44)41-27-6-4-3-5-25(27)36/h3-9,12-14,16,26H,10-11,15,17H2,1-2H3,(H,37,45)(H,40,46)(H,41,44)/t26-/m0/s1. The number of hydrogen-bond acceptors (Lipinski definition) is 8. The van der Waals surface area contributed by atoms with E-state index in [0.717, 1.165) is 22.3 Å². The van der Waals surface area contributed by atoms with E-state index in [0.29, 0.717) is 40.6 Å². The third-order valence-electron chi connectivity index (χ3n) is 8.57. The summed E-state index contributed by atoms with van der Waals surface area (Å²) >= 11 is 6.26. The average molecular weight is 665 g/mol. The number of ketones is 1. The fourth-order valence-electron chi connectivity index (χ4n) is 6.12. The number of ether oxygens (including phenoxy) is 2. The Bertz CT molecular complexity index is 2160. The van der Waals surface area contributed by atoms with E-state index < -0.39 is 17.7 Å². The van der Waals surface area contributed by atoms with Crippen LogP contribution in [0.5, 0.6) is 11.5 Å². The Morgan fingerprint density at radius 2 is 1.77 bits per heavy atom. The molecular weight excluding hydrogens is 636 g/mol. The summed E-state index contributed by atoms with van der Waals surface area (Å²) in [5.74, 6) is -0.470. The molecule has 12 nitrogen and oxygen atoms in total. The maximum absolute atomic E-state index is 13.9. The summed E-state index contributed by atoms with van der Waals surface area (Å²) < 4.78 is 12.0. The number of carbonyl (C=O) groups excluding carboxylic acids is 4. The van der Waals surface area contributed by atoms with E-state index in [2.05, 4.69) is 26.0 Å². The van der Waals surface area contributed by atoms with Gasteiger partial charge in [0.05, 0.1) is 22.9 Å². The van der Waals surface area contributed by atoms with Crippen molar-refractivity contribution in [3.63, 3.8) is 0 Å². The predicted octanol–water partition coefficient (Wildman–Crippen LogP) is 5.22.